The highest BCUT2D eigenvalue weighted by molar-refractivity contribution is 6.59. The van der Waals surface area contributed by atoms with Crippen molar-refractivity contribution in [1.82, 2.24) is 9.13 Å². The van der Waals surface area contributed by atoms with Gasteiger partial charge >= 0.3 is 7.12 Å². The molecule has 0 saturated heterocycles. The van der Waals surface area contributed by atoms with Crippen molar-refractivity contribution in [2.24, 2.45) is 0 Å². The predicted molar refractivity (Wildman–Crippen MR) is 147 cm³/mol. The minimum absolute atomic E-state index is 0.0536. The topological polar surface area (TPSA) is 70.5 Å². The van der Waals surface area contributed by atoms with E-state index in [9.17, 15) is 19.3 Å². The molecule has 0 aliphatic heterocycles. The highest BCUT2D eigenvalue weighted by atomic mass is 16.4. The van der Waals surface area contributed by atoms with Gasteiger partial charge in [-0.3, -0.25) is 0 Å². The maximum atomic E-state index is 10.6. The van der Waals surface area contributed by atoms with Gasteiger partial charge in [0.05, 0.1) is 42.6 Å². The zero-order valence-electron chi connectivity index (χ0n) is 33.0. The van der Waals surface area contributed by atoms with Gasteiger partial charge in [0, 0.05) is 44.4 Å². The Bertz CT molecular complexity index is 2680. The number of aromatic nitrogens is 2. The summed E-state index contributed by atoms with van der Waals surface area (Å²) in [5.41, 5.74) is -2.36. The van der Waals surface area contributed by atoms with E-state index in [0.29, 0.717) is 0 Å². The number of hydrogen-bond acceptors (Lipinski definition) is 3. The SMILES string of the molecule is [2H]c1c([2H])c([2H])c2c(c1[2H])c1c([2H])c(-n3c4c([2H])c([2H])c([2H])c([2H])c4c4c([2H])c([2H])c([2H])c([2H])c43)c([2H])c([2H])c1n2-c1ccc(B(O)O)c(O)c1. The molecule has 0 aliphatic rings. The Morgan fingerprint density at radius 2 is 1.08 bits per heavy atom. The lowest BCUT2D eigenvalue weighted by Crippen LogP contribution is -2.30. The summed E-state index contributed by atoms with van der Waals surface area (Å²) in [6.07, 6.45) is 0. The van der Waals surface area contributed by atoms with Crippen LogP contribution in [0.4, 0.5) is 0 Å². The molecule has 5 aromatic carbocycles. The third-order valence-electron chi connectivity index (χ3n) is 5.95. The van der Waals surface area contributed by atoms with Gasteiger partial charge in [0.15, 0.2) is 0 Å². The van der Waals surface area contributed by atoms with Crippen LogP contribution in [0.25, 0.3) is 55.0 Å². The van der Waals surface area contributed by atoms with E-state index in [2.05, 4.69) is 0 Å². The molecule has 2 heterocycles. The quantitative estimate of drug-likeness (QED) is 0.300. The number of phenolic OH excluding ortho intramolecular Hbond substituents is 1. The summed E-state index contributed by atoms with van der Waals surface area (Å²) >= 11 is 0. The monoisotopic (exact) mass is 483 g/mol. The van der Waals surface area contributed by atoms with Gasteiger partial charge in [-0.05, 0) is 42.3 Å². The van der Waals surface area contributed by atoms with Gasteiger partial charge in [0.1, 0.15) is 5.75 Å². The number of para-hydroxylation sites is 3. The maximum Gasteiger partial charge on any atom is 0.492 e. The molecule has 0 spiro atoms. The van der Waals surface area contributed by atoms with E-state index < -0.39 is 120 Å². The van der Waals surface area contributed by atoms with Crippen molar-refractivity contribution in [3.05, 3.63) is 109 Å². The molecule has 0 radical (unpaired) electrons. The van der Waals surface area contributed by atoms with Gasteiger partial charge in [-0.25, -0.2) is 0 Å². The summed E-state index contributed by atoms with van der Waals surface area (Å²) < 4.78 is 133. The number of phenols is 1. The highest BCUT2D eigenvalue weighted by Gasteiger charge is 2.19. The molecule has 3 N–H and O–H groups in total. The fourth-order valence-electron chi connectivity index (χ4n) is 4.41. The zero-order chi connectivity index (χ0) is 37.4. The maximum absolute atomic E-state index is 10.6. The van der Waals surface area contributed by atoms with Gasteiger partial charge in [-0.2, -0.15) is 0 Å². The van der Waals surface area contributed by atoms with E-state index >= 15 is 0 Å². The Morgan fingerprint density at radius 3 is 1.64 bits per heavy atom. The van der Waals surface area contributed by atoms with Gasteiger partial charge in [0.25, 0.3) is 0 Å². The number of fused-ring (bicyclic) bond motifs is 6. The third kappa shape index (κ3) is 2.92. The molecule has 7 rings (SSSR count). The molecule has 0 amide bonds. The Labute approximate surface area is 227 Å². The molecule has 36 heavy (non-hydrogen) atoms. The molecule has 2 aromatic heterocycles. The van der Waals surface area contributed by atoms with Gasteiger partial charge < -0.3 is 24.3 Å². The van der Waals surface area contributed by atoms with E-state index in [1.807, 2.05) is 0 Å². The van der Waals surface area contributed by atoms with Crippen molar-refractivity contribution in [2.45, 2.75) is 0 Å². The van der Waals surface area contributed by atoms with E-state index in [-0.39, 0.29) is 43.7 Å². The molecule has 5 nitrogen and oxygen atoms in total. The van der Waals surface area contributed by atoms with Crippen LogP contribution in [0.15, 0.2) is 109 Å². The second-order valence-corrected chi connectivity index (χ2v) is 7.91. The largest absolute Gasteiger partial charge is 0.508 e. The van der Waals surface area contributed by atoms with Crippen LogP contribution in [0.3, 0.4) is 0 Å². The van der Waals surface area contributed by atoms with Gasteiger partial charge in [0.2, 0.25) is 0 Å². The van der Waals surface area contributed by atoms with E-state index in [1.165, 1.54) is 6.07 Å². The van der Waals surface area contributed by atoms with Crippen molar-refractivity contribution in [2.75, 3.05) is 0 Å². The highest BCUT2D eigenvalue weighted by Crippen LogP contribution is 2.36. The summed E-state index contributed by atoms with van der Waals surface area (Å²) in [4.78, 5) is 0. The average Bonchev–Trinajstić information content (AvgIpc) is 3.64. The van der Waals surface area contributed by atoms with Crippen LogP contribution in [0, 0.1) is 0 Å². The summed E-state index contributed by atoms with van der Waals surface area (Å²) in [6, 6.07) is -7.11. The first kappa shape index (κ1) is 10.6. The van der Waals surface area contributed by atoms with Crippen LogP contribution in [-0.2, 0) is 0 Å². The van der Waals surface area contributed by atoms with Crippen molar-refractivity contribution in [1.29, 1.82) is 0 Å². The van der Waals surface area contributed by atoms with Crippen LogP contribution in [-0.4, -0.2) is 31.4 Å². The fraction of sp³-hybridized carbons (Fsp3) is 0. The molecule has 6 heteroatoms. The van der Waals surface area contributed by atoms with Crippen LogP contribution >= 0.6 is 0 Å². The minimum atomic E-state index is -2.09. The molecule has 172 valence electrons. The van der Waals surface area contributed by atoms with Crippen molar-refractivity contribution < 1.29 is 35.7 Å². The van der Waals surface area contributed by atoms with Crippen LogP contribution in [0.5, 0.6) is 5.75 Å². The van der Waals surface area contributed by atoms with E-state index in [0.717, 1.165) is 21.3 Å². The smallest absolute Gasteiger partial charge is 0.492 e. The van der Waals surface area contributed by atoms with Crippen LogP contribution in [0.2, 0.25) is 0 Å². The van der Waals surface area contributed by atoms with E-state index in [1.54, 1.807) is 0 Å². The third-order valence-corrected chi connectivity index (χ3v) is 5.95. The summed E-state index contributed by atoms with van der Waals surface area (Å²) in [5, 5.41) is 28.6. The number of hydrogen-bond donors (Lipinski definition) is 3. The Hall–Kier alpha value is -4.52. The average molecular weight is 483 g/mol. The summed E-state index contributed by atoms with van der Waals surface area (Å²) in [7, 11) is -2.09. The lowest BCUT2D eigenvalue weighted by molar-refractivity contribution is 0.419. The molecule has 0 aliphatic carbocycles. The standard InChI is InChI=1S/C30H21BN2O3/c34-30-18-20(13-15-25(30)31(35)36)33-28-12-6-3-9-23(28)24-17-19(14-16-29(24)33)32-26-10-4-1-7-21(26)22-8-2-5-11-27(22)32/h1-18,34-36H/i1D,2D,3D,4D,5D,6D,7D,8D,9D,10D,11D,12D,14D,16D,17D. The number of benzene rings is 5. The fourth-order valence-corrected chi connectivity index (χ4v) is 4.41. The lowest BCUT2D eigenvalue weighted by atomic mass is 9.79. The van der Waals surface area contributed by atoms with Gasteiger partial charge in [-0.15, -0.1) is 0 Å². The molecule has 7 aromatic rings. The normalized spacial score (nSPS) is 17.6. The summed E-state index contributed by atoms with van der Waals surface area (Å²) in [6.45, 7) is 0. The molecule has 0 fully saturated rings. The van der Waals surface area contributed by atoms with Crippen molar-refractivity contribution in [3.8, 4) is 17.1 Å². The first-order chi connectivity index (χ1) is 23.9. The van der Waals surface area contributed by atoms with Crippen molar-refractivity contribution in [3.63, 3.8) is 0 Å². The minimum Gasteiger partial charge on any atom is -0.508 e. The van der Waals surface area contributed by atoms with E-state index in [4.69, 9.17) is 16.4 Å². The Kier molecular flexibility index (Phi) is 2.29. The lowest BCUT2D eigenvalue weighted by Gasteiger charge is -2.12. The molecular formula is C30H21BN2O3. The van der Waals surface area contributed by atoms with Crippen molar-refractivity contribution >= 4 is 56.2 Å². The first-order valence-corrected chi connectivity index (χ1v) is 10.6. The summed E-state index contributed by atoms with van der Waals surface area (Å²) in [5.74, 6) is -0.632. The first-order valence-electron chi connectivity index (χ1n) is 18.1. The molecule has 0 unspecified atom stereocenters. The number of aromatic hydroxyl groups is 1. The molecule has 0 bridgehead atoms. The van der Waals surface area contributed by atoms with Crippen LogP contribution in [0.1, 0.15) is 20.6 Å². The molecule has 0 atom stereocenters. The zero-order valence-corrected chi connectivity index (χ0v) is 18.0. The number of nitrogens with zero attached hydrogens (tertiary/aromatic N) is 2. The Morgan fingerprint density at radius 1 is 0.583 bits per heavy atom. The predicted octanol–water partition coefficient (Wildman–Crippen LogP) is 5.27. The number of rotatable bonds is 3. The van der Waals surface area contributed by atoms with Gasteiger partial charge in [-0.1, -0.05) is 60.4 Å². The second-order valence-electron chi connectivity index (χ2n) is 7.91. The molecular weight excluding hydrogens is 447 g/mol. The molecule has 0 saturated carbocycles. The Balaban J connectivity index is 1.80. The second kappa shape index (κ2) is 7.75. The van der Waals surface area contributed by atoms with Crippen LogP contribution < -0.4 is 5.46 Å².